The average Bonchev–Trinajstić information content (AvgIpc) is 3.10. The van der Waals surface area contributed by atoms with Crippen LogP contribution in [0.15, 0.2) is 54.2 Å². The molecule has 0 N–H and O–H groups in total. The maximum atomic E-state index is 13.0. The first-order valence-corrected chi connectivity index (χ1v) is 10.5. The average molecular weight is 411 g/mol. The van der Waals surface area contributed by atoms with E-state index in [2.05, 4.69) is 16.7 Å². The molecule has 1 unspecified atom stereocenters. The predicted octanol–water partition coefficient (Wildman–Crippen LogP) is 3.07. The zero-order valence-electron chi connectivity index (χ0n) is 15.5. The number of fused-ring (bicyclic) bond motifs is 3. The Morgan fingerprint density at radius 1 is 1.39 bits per heavy atom. The molecule has 1 atom stereocenters. The quantitative estimate of drug-likeness (QED) is 0.375. The highest BCUT2D eigenvalue weighted by Crippen LogP contribution is 2.41. The highest BCUT2D eigenvalue weighted by molar-refractivity contribution is 7.99. The molecule has 8 heteroatoms. The van der Waals surface area contributed by atoms with Crippen LogP contribution in [0.5, 0.6) is 5.88 Å². The van der Waals surface area contributed by atoms with Crippen molar-refractivity contribution in [2.75, 3.05) is 10.7 Å². The monoisotopic (exact) mass is 410 g/mol. The molecular formula is C20H18N4O2S2. The van der Waals surface area contributed by atoms with Crippen LogP contribution in [0.4, 0.5) is 5.69 Å². The normalized spacial score (nSPS) is 15.1. The summed E-state index contributed by atoms with van der Waals surface area (Å²) >= 11 is 2.92. The first-order chi connectivity index (χ1) is 13.5. The molecule has 0 fully saturated rings. The third-order valence-corrected chi connectivity index (χ3v) is 6.28. The van der Waals surface area contributed by atoms with Gasteiger partial charge < -0.3 is 5.11 Å². The van der Waals surface area contributed by atoms with Gasteiger partial charge >= 0.3 is 6.17 Å². The first kappa shape index (κ1) is 18.6. The van der Waals surface area contributed by atoms with Crippen molar-refractivity contribution in [3.8, 4) is 17.1 Å². The number of nitrogens with zero attached hydrogens (tertiary/aromatic N) is 4. The number of aromatic nitrogens is 3. The van der Waals surface area contributed by atoms with Gasteiger partial charge in [0.1, 0.15) is 0 Å². The van der Waals surface area contributed by atoms with Crippen LogP contribution in [-0.2, 0) is 4.79 Å². The number of thiophene rings is 1. The maximum Gasteiger partial charge on any atom is 0.302 e. The Labute approximate surface area is 171 Å². The summed E-state index contributed by atoms with van der Waals surface area (Å²) < 4.78 is 1.65. The zero-order valence-corrected chi connectivity index (χ0v) is 17.1. The topological polar surface area (TPSA) is 73.0 Å². The van der Waals surface area contributed by atoms with Crippen molar-refractivity contribution in [1.82, 2.24) is 10.1 Å². The Kier molecular flexibility index (Phi) is 4.91. The maximum absolute atomic E-state index is 13.0. The summed E-state index contributed by atoms with van der Waals surface area (Å²) in [5, 5.41) is 18.0. The fraction of sp³-hybridized carbons (Fsp3) is 0.200. The van der Waals surface area contributed by atoms with E-state index in [9.17, 15) is 9.90 Å². The minimum Gasteiger partial charge on any atom is -0.854 e. The predicted molar refractivity (Wildman–Crippen MR) is 108 cm³/mol. The van der Waals surface area contributed by atoms with Crippen LogP contribution >= 0.6 is 23.1 Å². The second kappa shape index (κ2) is 7.37. The molecule has 2 aromatic heterocycles. The Hall–Kier alpha value is -2.71. The second-order valence-electron chi connectivity index (χ2n) is 6.32. The molecule has 4 rings (SSSR count). The Morgan fingerprint density at radius 2 is 2.18 bits per heavy atom. The first-order valence-electron chi connectivity index (χ1n) is 8.71. The minimum atomic E-state index is -0.528. The lowest BCUT2D eigenvalue weighted by atomic mass is 10.0. The Balaban J connectivity index is 2.01. The highest BCUT2D eigenvalue weighted by Gasteiger charge is 2.44. The summed E-state index contributed by atoms with van der Waals surface area (Å²) in [4.78, 5) is 20.6. The summed E-state index contributed by atoms with van der Waals surface area (Å²) in [7, 11) is 0. The Morgan fingerprint density at radius 3 is 2.86 bits per heavy atom. The summed E-state index contributed by atoms with van der Waals surface area (Å²) in [6.45, 7) is 7.25. The van der Waals surface area contributed by atoms with E-state index >= 15 is 0 Å². The van der Waals surface area contributed by atoms with Gasteiger partial charge in [0, 0.05) is 22.7 Å². The number of carbonyl (C=O) groups excluding carboxylic acids is 1. The molecule has 3 aromatic rings. The fourth-order valence-electron chi connectivity index (χ4n) is 3.32. The van der Waals surface area contributed by atoms with Gasteiger partial charge in [-0.25, -0.2) is 9.88 Å². The SMILES string of the molecule is C=CCSc1nc([O-])c2[n+](n1)C(c1ccc(C)s1)N(C(C)=O)c1ccccc1-2. The molecule has 0 spiro atoms. The van der Waals surface area contributed by atoms with Crippen molar-refractivity contribution in [2.24, 2.45) is 0 Å². The molecule has 28 heavy (non-hydrogen) atoms. The summed E-state index contributed by atoms with van der Waals surface area (Å²) in [6, 6.07) is 11.4. The molecule has 0 saturated heterocycles. The van der Waals surface area contributed by atoms with Crippen LogP contribution in [0.2, 0.25) is 0 Å². The van der Waals surface area contributed by atoms with E-state index in [1.165, 1.54) is 18.7 Å². The van der Waals surface area contributed by atoms with Gasteiger partial charge in [0.2, 0.25) is 5.91 Å². The molecular weight excluding hydrogens is 392 g/mol. The van der Waals surface area contributed by atoms with Crippen molar-refractivity contribution in [2.45, 2.75) is 25.2 Å². The number of para-hydroxylation sites is 1. The lowest BCUT2D eigenvalue weighted by Gasteiger charge is -2.32. The molecule has 1 amide bonds. The molecule has 1 aromatic carbocycles. The van der Waals surface area contributed by atoms with Crippen LogP contribution in [0.1, 0.15) is 22.8 Å². The van der Waals surface area contributed by atoms with Crippen molar-refractivity contribution >= 4 is 34.7 Å². The molecule has 1 aliphatic rings. The molecule has 3 heterocycles. The van der Waals surface area contributed by atoms with Gasteiger partial charge in [-0.1, -0.05) is 34.7 Å². The van der Waals surface area contributed by atoms with E-state index in [0.717, 1.165) is 9.75 Å². The van der Waals surface area contributed by atoms with Gasteiger partial charge in [0.25, 0.3) is 10.9 Å². The lowest BCUT2D eigenvalue weighted by molar-refractivity contribution is -0.763. The number of hydrogen-bond acceptors (Lipinski definition) is 6. The van der Waals surface area contributed by atoms with Gasteiger partial charge in [0.15, 0.2) is 0 Å². The number of thioether (sulfide) groups is 1. The third-order valence-electron chi connectivity index (χ3n) is 4.40. The molecule has 1 aliphatic heterocycles. The smallest absolute Gasteiger partial charge is 0.302 e. The Bertz CT molecular complexity index is 1080. The van der Waals surface area contributed by atoms with Crippen LogP contribution in [-0.4, -0.2) is 21.7 Å². The minimum absolute atomic E-state index is 0.118. The van der Waals surface area contributed by atoms with Crippen molar-refractivity contribution in [3.05, 3.63) is 58.8 Å². The van der Waals surface area contributed by atoms with Crippen LogP contribution in [0.3, 0.4) is 0 Å². The number of rotatable bonds is 4. The van der Waals surface area contributed by atoms with Crippen LogP contribution < -0.4 is 14.7 Å². The molecule has 142 valence electrons. The summed E-state index contributed by atoms with van der Waals surface area (Å²) in [6.07, 6.45) is 1.21. The largest absolute Gasteiger partial charge is 0.854 e. The summed E-state index contributed by atoms with van der Waals surface area (Å²) in [5.74, 6) is 0.123. The number of amides is 1. The van der Waals surface area contributed by atoms with Crippen molar-refractivity contribution in [3.63, 3.8) is 0 Å². The lowest BCUT2D eigenvalue weighted by Crippen LogP contribution is -2.58. The number of anilines is 1. The summed E-state index contributed by atoms with van der Waals surface area (Å²) in [5.41, 5.74) is 1.75. The highest BCUT2D eigenvalue weighted by atomic mass is 32.2. The number of aryl methyl sites for hydroxylation is 1. The van der Waals surface area contributed by atoms with Gasteiger partial charge in [0.05, 0.1) is 22.0 Å². The van der Waals surface area contributed by atoms with Gasteiger partial charge in [-0.05, 0) is 31.2 Å². The third kappa shape index (κ3) is 3.08. The molecule has 0 radical (unpaired) electrons. The number of carbonyl (C=O) groups is 1. The molecule has 6 nitrogen and oxygen atoms in total. The van der Waals surface area contributed by atoms with E-state index in [-0.39, 0.29) is 11.8 Å². The van der Waals surface area contributed by atoms with Crippen molar-refractivity contribution in [1.29, 1.82) is 0 Å². The number of benzene rings is 1. The van der Waals surface area contributed by atoms with Crippen LogP contribution in [0.25, 0.3) is 11.3 Å². The molecule has 0 bridgehead atoms. The number of hydrogen-bond donors (Lipinski definition) is 0. The van der Waals surface area contributed by atoms with Gasteiger partial charge in [-0.3, -0.25) is 4.79 Å². The standard InChI is InChI=1S/C20H18N4O2S2/c1-4-11-27-20-21-18(26)17-14-7-5-6-8-15(14)23(13(3)25)19(24(17)22-20)16-10-9-12(2)28-16/h4-10,19H,1,11H2,2-3H3. The van der Waals surface area contributed by atoms with Crippen molar-refractivity contribution < 1.29 is 14.6 Å². The van der Waals surface area contributed by atoms with Crippen LogP contribution in [0, 0.1) is 6.92 Å². The van der Waals surface area contributed by atoms with E-state index in [1.807, 2.05) is 43.3 Å². The van der Waals surface area contributed by atoms with Gasteiger partial charge in [-0.15, -0.1) is 17.9 Å². The molecule has 0 aliphatic carbocycles. The molecule has 0 saturated carbocycles. The fourth-order valence-corrected chi connectivity index (χ4v) is 4.83. The van der Waals surface area contributed by atoms with E-state index in [4.69, 9.17) is 0 Å². The van der Waals surface area contributed by atoms with E-state index in [1.54, 1.807) is 27.0 Å². The second-order valence-corrected chi connectivity index (χ2v) is 8.63. The zero-order chi connectivity index (χ0) is 19.8. The van der Waals surface area contributed by atoms with Gasteiger partial charge in [-0.2, -0.15) is 0 Å². The van der Waals surface area contributed by atoms with E-state index in [0.29, 0.717) is 27.9 Å². The van der Waals surface area contributed by atoms with E-state index < -0.39 is 6.17 Å².